The molecule has 1 unspecified atom stereocenters. The van der Waals surface area contributed by atoms with Gasteiger partial charge in [-0.2, -0.15) is 0 Å². The molecule has 1 fully saturated rings. The van der Waals surface area contributed by atoms with Gasteiger partial charge in [0.05, 0.1) is 12.4 Å². The molecular weight excluding hydrogens is 425 g/mol. The number of hydrogen-bond acceptors (Lipinski definition) is 4. The lowest BCUT2D eigenvalue weighted by molar-refractivity contribution is 0.0951. The number of amidine groups is 2. The van der Waals surface area contributed by atoms with E-state index in [2.05, 4.69) is 5.32 Å². The quantitative estimate of drug-likeness (QED) is 0.398. The van der Waals surface area contributed by atoms with Crippen LogP contribution in [-0.4, -0.2) is 41.7 Å². The van der Waals surface area contributed by atoms with Gasteiger partial charge in [-0.05, 0) is 36.8 Å². The first-order valence-corrected chi connectivity index (χ1v) is 9.21. The van der Waals surface area contributed by atoms with Crippen molar-refractivity contribution in [2.75, 3.05) is 13.1 Å². The molecule has 1 saturated heterocycles. The number of nitrogens with zero attached hydrogens (tertiary/aromatic N) is 1. The van der Waals surface area contributed by atoms with Gasteiger partial charge in [0.15, 0.2) is 0 Å². The molecule has 1 amide bonds. The molecule has 0 aliphatic carbocycles. The normalized spacial score (nSPS) is 14.8. The van der Waals surface area contributed by atoms with Crippen LogP contribution < -0.4 is 15.8 Å². The van der Waals surface area contributed by atoms with Gasteiger partial charge in [0.2, 0.25) is 0 Å². The van der Waals surface area contributed by atoms with Crippen LogP contribution in [0.1, 0.15) is 34.8 Å². The van der Waals surface area contributed by atoms with Crippen LogP contribution in [0.4, 0.5) is 0 Å². The standard InChI is InChI=1S/C21H25N5O2.2ClH/c1-14(22)26-10-9-19(13-26)28-18-7-5-15(6-8-18)12-25-21(27)17-4-2-3-16(11-17)20(23)24;;/h2-8,11,19,22H,9-10,12-13H2,1H3,(H3,23,24)(H,25,27);2*1H. The minimum absolute atomic E-state index is 0. The zero-order valence-electron chi connectivity index (χ0n) is 16.7. The predicted octanol–water partition coefficient (Wildman–Crippen LogP) is 3.19. The monoisotopic (exact) mass is 451 g/mol. The number of nitrogen functional groups attached to an aromatic ring is 1. The molecule has 3 rings (SSSR count). The van der Waals surface area contributed by atoms with E-state index in [-0.39, 0.29) is 42.7 Å². The van der Waals surface area contributed by atoms with E-state index in [9.17, 15) is 4.79 Å². The van der Waals surface area contributed by atoms with Gasteiger partial charge in [-0.1, -0.05) is 24.3 Å². The van der Waals surface area contributed by atoms with Crippen LogP contribution >= 0.6 is 24.8 Å². The molecule has 5 N–H and O–H groups in total. The van der Waals surface area contributed by atoms with Gasteiger partial charge in [0.25, 0.3) is 5.91 Å². The number of nitrogens with one attached hydrogen (secondary N) is 3. The first-order chi connectivity index (χ1) is 13.4. The summed E-state index contributed by atoms with van der Waals surface area (Å²) in [4.78, 5) is 14.3. The number of hydrogen-bond donors (Lipinski definition) is 4. The molecule has 30 heavy (non-hydrogen) atoms. The predicted molar refractivity (Wildman–Crippen MR) is 124 cm³/mol. The molecule has 7 nitrogen and oxygen atoms in total. The molecule has 2 aromatic carbocycles. The van der Waals surface area contributed by atoms with Crippen LogP contribution in [0.15, 0.2) is 48.5 Å². The van der Waals surface area contributed by atoms with E-state index in [0.29, 0.717) is 23.5 Å². The van der Waals surface area contributed by atoms with Crippen molar-refractivity contribution in [2.45, 2.75) is 26.0 Å². The molecule has 0 radical (unpaired) electrons. The molecule has 9 heteroatoms. The van der Waals surface area contributed by atoms with E-state index >= 15 is 0 Å². The minimum Gasteiger partial charge on any atom is -0.489 e. The van der Waals surface area contributed by atoms with Gasteiger partial charge in [-0.15, -0.1) is 24.8 Å². The number of amides is 1. The Hall–Kier alpha value is -2.77. The molecule has 0 bridgehead atoms. The smallest absolute Gasteiger partial charge is 0.251 e. The Morgan fingerprint density at radius 2 is 1.83 bits per heavy atom. The van der Waals surface area contributed by atoms with Crippen molar-refractivity contribution in [2.24, 2.45) is 5.73 Å². The Morgan fingerprint density at radius 3 is 2.43 bits per heavy atom. The van der Waals surface area contributed by atoms with Crippen LogP contribution in [-0.2, 0) is 6.54 Å². The summed E-state index contributed by atoms with van der Waals surface area (Å²) in [5, 5.41) is 18.0. The lowest BCUT2D eigenvalue weighted by Gasteiger charge is -2.17. The maximum absolute atomic E-state index is 12.3. The first kappa shape index (κ1) is 25.3. The largest absolute Gasteiger partial charge is 0.489 e. The van der Waals surface area contributed by atoms with Gasteiger partial charge in [-0.3, -0.25) is 15.6 Å². The topological polar surface area (TPSA) is 115 Å². The number of halogens is 2. The van der Waals surface area contributed by atoms with E-state index in [1.165, 1.54) is 0 Å². The fourth-order valence-electron chi connectivity index (χ4n) is 3.12. The fourth-order valence-corrected chi connectivity index (χ4v) is 3.12. The second-order valence-electron chi connectivity index (χ2n) is 6.88. The minimum atomic E-state index is -0.212. The van der Waals surface area contributed by atoms with Crippen molar-refractivity contribution in [1.82, 2.24) is 10.2 Å². The molecule has 1 atom stereocenters. The summed E-state index contributed by atoms with van der Waals surface area (Å²) < 4.78 is 5.98. The van der Waals surface area contributed by atoms with Gasteiger partial charge in [0, 0.05) is 30.6 Å². The molecule has 0 saturated carbocycles. The van der Waals surface area contributed by atoms with Crippen LogP contribution in [0.2, 0.25) is 0 Å². The fraction of sp³-hybridized carbons (Fsp3) is 0.286. The van der Waals surface area contributed by atoms with Gasteiger partial charge in [0.1, 0.15) is 17.7 Å². The highest BCUT2D eigenvalue weighted by atomic mass is 35.5. The number of ether oxygens (including phenoxy) is 1. The molecule has 0 aromatic heterocycles. The average molecular weight is 452 g/mol. The van der Waals surface area contributed by atoms with Crippen molar-refractivity contribution in [3.63, 3.8) is 0 Å². The Bertz CT molecular complexity index is 889. The maximum atomic E-state index is 12.3. The summed E-state index contributed by atoms with van der Waals surface area (Å²) in [6.07, 6.45) is 1.01. The lowest BCUT2D eigenvalue weighted by Crippen LogP contribution is -2.28. The molecule has 2 aromatic rings. The highest BCUT2D eigenvalue weighted by Crippen LogP contribution is 2.19. The van der Waals surface area contributed by atoms with E-state index in [0.717, 1.165) is 30.8 Å². The Morgan fingerprint density at radius 1 is 1.17 bits per heavy atom. The van der Waals surface area contributed by atoms with Gasteiger partial charge in [-0.25, -0.2) is 0 Å². The highest BCUT2D eigenvalue weighted by molar-refractivity contribution is 6.00. The SMILES string of the molecule is CC(=N)N1CCC(Oc2ccc(CNC(=O)c3cccc(C(=N)N)c3)cc2)C1.Cl.Cl. The summed E-state index contributed by atoms with van der Waals surface area (Å²) in [6.45, 7) is 3.79. The van der Waals surface area contributed by atoms with Gasteiger partial charge < -0.3 is 20.7 Å². The summed E-state index contributed by atoms with van der Waals surface area (Å²) >= 11 is 0. The van der Waals surface area contributed by atoms with Crippen LogP contribution in [0.5, 0.6) is 5.75 Å². The third kappa shape index (κ3) is 6.64. The zero-order valence-corrected chi connectivity index (χ0v) is 18.3. The van der Waals surface area contributed by atoms with Crippen molar-refractivity contribution < 1.29 is 9.53 Å². The summed E-state index contributed by atoms with van der Waals surface area (Å²) in [5.74, 6) is 1.09. The third-order valence-electron chi connectivity index (χ3n) is 4.73. The lowest BCUT2D eigenvalue weighted by atomic mass is 10.1. The molecule has 1 aliphatic heterocycles. The average Bonchev–Trinajstić information content (AvgIpc) is 3.16. The van der Waals surface area contributed by atoms with Crippen molar-refractivity contribution in [3.8, 4) is 5.75 Å². The van der Waals surface area contributed by atoms with E-state index < -0.39 is 0 Å². The van der Waals surface area contributed by atoms with E-state index in [1.54, 1.807) is 31.2 Å². The van der Waals surface area contributed by atoms with Crippen molar-refractivity contribution in [1.29, 1.82) is 10.8 Å². The number of carbonyl (C=O) groups excluding carboxylic acids is 1. The van der Waals surface area contributed by atoms with Crippen molar-refractivity contribution >= 4 is 42.4 Å². The number of carbonyl (C=O) groups is 1. The van der Waals surface area contributed by atoms with E-state index in [4.69, 9.17) is 21.3 Å². The molecule has 162 valence electrons. The summed E-state index contributed by atoms with van der Waals surface area (Å²) in [6, 6.07) is 14.4. The van der Waals surface area contributed by atoms with Crippen LogP contribution in [0.3, 0.4) is 0 Å². The summed E-state index contributed by atoms with van der Waals surface area (Å²) in [5.41, 5.74) is 7.43. The molecule has 1 aliphatic rings. The van der Waals surface area contributed by atoms with Crippen molar-refractivity contribution in [3.05, 3.63) is 65.2 Å². The van der Waals surface area contributed by atoms with Crippen LogP contribution in [0, 0.1) is 10.8 Å². The second-order valence-corrected chi connectivity index (χ2v) is 6.88. The number of benzene rings is 2. The van der Waals surface area contributed by atoms with E-state index in [1.807, 2.05) is 29.2 Å². The second kappa shape index (κ2) is 11.4. The molecule has 1 heterocycles. The Balaban J connectivity index is 0.00000225. The number of rotatable bonds is 6. The summed E-state index contributed by atoms with van der Waals surface area (Å²) in [7, 11) is 0. The Labute approximate surface area is 188 Å². The highest BCUT2D eigenvalue weighted by Gasteiger charge is 2.24. The third-order valence-corrected chi connectivity index (χ3v) is 4.73. The van der Waals surface area contributed by atoms with Gasteiger partial charge >= 0.3 is 0 Å². The number of likely N-dealkylation sites (tertiary alicyclic amines) is 1. The zero-order chi connectivity index (χ0) is 20.1. The Kier molecular flexibility index (Phi) is 9.62. The maximum Gasteiger partial charge on any atom is 0.251 e. The first-order valence-electron chi connectivity index (χ1n) is 9.21. The number of nitrogens with two attached hydrogens (primary N) is 1. The molecule has 0 spiro atoms. The molecular formula is C21H27Cl2N5O2. The van der Waals surface area contributed by atoms with Crippen LogP contribution in [0.25, 0.3) is 0 Å².